The van der Waals surface area contributed by atoms with Crippen LogP contribution >= 0.6 is 0 Å². The molecule has 25 heavy (non-hydrogen) atoms. The molecule has 0 unspecified atom stereocenters. The zero-order valence-corrected chi connectivity index (χ0v) is 14.1. The van der Waals surface area contributed by atoms with Crippen molar-refractivity contribution < 1.29 is 14.7 Å². The molecule has 0 radical (unpaired) electrons. The van der Waals surface area contributed by atoms with Gasteiger partial charge in [0.1, 0.15) is 0 Å². The summed E-state index contributed by atoms with van der Waals surface area (Å²) in [5.41, 5.74) is 2.57. The van der Waals surface area contributed by atoms with Crippen LogP contribution in [0.5, 0.6) is 0 Å². The lowest BCUT2D eigenvalue weighted by molar-refractivity contribution is -0.142. The molecule has 0 spiro atoms. The molecule has 0 atom stereocenters. The van der Waals surface area contributed by atoms with Crippen LogP contribution in [0.2, 0.25) is 0 Å². The van der Waals surface area contributed by atoms with Gasteiger partial charge in [-0.15, -0.1) is 0 Å². The van der Waals surface area contributed by atoms with Crippen molar-refractivity contribution in [2.24, 2.45) is 5.92 Å². The summed E-state index contributed by atoms with van der Waals surface area (Å²) in [6.07, 6.45) is 5.00. The quantitative estimate of drug-likeness (QED) is 0.894. The van der Waals surface area contributed by atoms with Gasteiger partial charge < -0.3 is 10.4 Å². The number of aliphatic carboxylic acids is 1. The number of nitrogens with zero attached hydrogens (tertiary/aromatic N) is 1. The van der Waals surface area contributed by atoms with Gasteiger partial charge in [0.15, 0.2) is 0 Å². The Balaban J connectivity index is 1.55. The summed E-state index contributed by atoms with van der Waals surface area (Å²) in [5, 5.41) is 13.1. The van der Waals surface area contributed by atoms with Crippen LogP contribution in [0.15, 0.2) is 30.3 Å². The number of carboxylic acid groups (broad SMARTS) is 1. The lowest BCUT2D eigenvalue weighted by Crippen LogP contribution is -2.38. The number of aromatic nitrogens is 1. The highest BCUT2D eigenvalue weighted by molar-refractivity contribution is 6.06. The molecule has 2 fully saturated rings. The second-order valence-electron chi connectivity index (χ2n) is 7.25. The van der Waals surface area contributed by atoms with E-state index in [1.54, 1.807) is 0 Å². The van der Waals surface area contributed by atoms with Crippen molar-refractivity contribution in [1.82, 2.24) is 10.3 Å². The maximum absolute atomic E-state index is 12.9. The minimum absolute atomic E-state index is 0.0550. The second kappa shape index (κ2) is 6.47. The number of hydrogen-bond acceptors (Lipinski definition) is 3. The van der Waals surface area contributed by atoms with Gasteiger partial charge in [0.2, 0.25) is 0 Å². The average molecular weight is 338 g/mol. The maximum Gasteiger partial charge on any atom is 0.306 e. The Labute approximate surface area is 146 Å². The van der Waals surface area contributed by atoms with E-state index in [0.717, 1.165) is 42.3 Å². The molecule has 0 bridgehead atoms. The van der Waals surface area contributed by atoms with E-state index in [2.05, 4.69) is 5.32 Å². The van der Waals surface area contributed by atoms with Crippen LogP contribution in [0.3, 0.4) is 0 Å². The van der Waals surface area contributed by atoms with Gasteiger partial charge in [-0.05, 0) is 50.7 Å². The van der Waals surface area contributed by atoms with Crippen LogP contribution in [0.25, 0.3) is 10.9 Å². The van der Waals surface area contributed by atoms with Gasteiger partial charge >= 0.3 is 5.97 Å². The monoisotopic (exact) mass is 338 g/mol. The van der Waals surface area contributed by atoms with Gasteiger partial charge in [0.05, 0.1) is 17.0 Å². The van der Waals surface area contributed by atoms with E-state index < -0.39 is 5.97 Å². The van der Waals surface area contributed by atoms with Gasteiger partial charge in [0.25, 0.3) is 5.91 Å². The number of amides is 1. The number of carbonyl (C=O) groups is 2. The molecular weight excluding hydrogens is 316 g/mol. The van der Waals surface area contributed by atoms with Crippen molar-refractivity contribution in [3.63, 3.8) is 0 Å². The van der Waals surface area contributed by atoms with Crippen molar-refractivity contribution in [3.8, 4) is 0 Å². The van der Waals surface area contributed by atoms with Gasteiger partial charge in [0, 0.05) is 23.0 Å². The normalized spacial score (nSPS) is 23.4. The molecular formula is C20H22N2O3. The first-order chi connectivity index (χ1) is 12.1. The van der Waals surface area contributed by atoms with Crippen LogP contribution < -0.4 is 5.32 Å². The number of para-hydroxylation sites is 1. The summed E-state index contributed by atoms with van der Waals surface area (Å²) in [6.45, 7) is 0. The molecule has 1 amide bonds. The first kappa shape index (κ1) is 16.1. The Morgan fingerprint density at radius 3 is 2.44 bits per heavy atom. The van der Waals surface area contributed by atoms with E-state index in [-0.39, 0.29) is 17.9 Å². The maximum atomic E-state index is 12.9. The molecule has 5 heteroatoms. The van der Waals surface area contributed by atoms with Crippen molar-refractivity contribution in [2.75, 3.05) is 0 Å². The zero-order chi connectivity index (χ0) is 17.4. The molecule has 4 rings (SSSR count). The third kappa shape index (κ3) is 3.36. The van der Waals surface area contributed by atoms with Crippen molar-refractivity contribution >= 4 is 22.8 Å². The molecule has 2 aliphatic rings. The molecule has 2 aliphatic carbocycles. The van der Waals surface area contributed by atoms with Crippen molar-refractivity contribution in [1.29, 1.82) is 0 Å². The number of rotatable bonds is 4. The van der Waals surface area contributed by atoms with Crippen LogP contribution in [0.4, 0.5) is 0 Å². The number of carboxylic acids is 1. The fourth-order valence-corrected chi connectivity index (χ4v) is 3.72. The number of nitrogens with one attached hydrogen (secondary N) is 1. The van der Waals surface area contributed by atoms with Crippen molar-refractivity contribution in [2.45, 2.75) is 50.5 Å². The molecule has 130 valence electrons. The van der Waals surface area contributed by atoms with E-state index in [9.17, 15) is 9.59 Å². The fraction of sp³-hybridized carbons (Fsp3) is 0.450. The molecule has 1 aromatic heterocycles. The molecule has 0 aliphatic heterocycles. The van der Waals surface area contributed by atoms with Crippen LogP contribution in [-0.4, -0.2) is 28.0 Å². The first-order valence-corrected chi connectivity index (χ1v) is 9.05. The van der Waals surface area contributed by atoms with E-state index >= 15 is 0 Å². The summed E-state index contributed by atoms with van der Waals surface area (Å²) in [4.78, 5) is 28.7. The van der Waals surface area contributed by atoms with Gasteiger partial charge in [-0.2, -0.15) is 0 Å². The zero-order valence-electron chi connectivity index (χ0n) is 14.1. The highest BCUT2D eigenvalue weighted by atomic mass is 16.4. The Kier molecular flexibility index (Phi) is 4.15. The highest BCUT2D eigenvalue weighted by Gasteiger charge is 2.29. The Morgan fingerprint density at radius 1 is 1.04 bits per heavy atom. The Bertz CT molecular complexity index is 821. The van der Waals surface area contributed by atoms with Crippen LogP contribution in [0.1, 0.15) is 60.5 Å². The number of pyridine rings is 1. The minimum Gasteiger partial charge on any atom is -0.481 e. The van der Waals surface area contributed by atoms with Gasteiger partial charge in [-0.3, -0.25) is 14.6 Å². The Morgan fingerprint density at radius 2 is 1.76 bits per heavy atom. The fourth-order valence-electron chi connectivity index (χ4n) is 3.72. The molecule has 1 heterocycles. The largest absolute Gasteiger partial charge is 0.481 e. The van der Waals surface area contributed by atoms with E-state index in [0.29, 0.717) is 24.3 Å². The van der Waals surface area contributed by atoms with E-state index in [1.165, 1.54) is 0 Å². The number of benzene rings is 1. The third-order valence-corrected chi connectivity index (χ3v) is 5.39. The minimum atomic E-state index is -0.723. The van der Waals surface area contributed by atoms with Crippen LogP contribution in [0, 0.1) is 5.92 Å². The molecule has 2 aromatic rings. The predicted molar refractivity (Wildman–Crippen MR) is 94.6 cm³/mol. The summed E-state index contributed by atoms with van der Waals surface area (Å²) >= 11 is 0. The smallest absolute Gasteiger partial charge is 0.306 e. The lowest BCUT2D eigenvalue weighted by atomic mass is 9.86. The summed E-state index contributed by atoms with van der Waals surface area (Å²) < 4.78 is 0. The number of hydrogen-bond donors (Lipinski definition) is 2. The molecule has 1 aromatic carbocycles. The second-order valence-corrected chi connectivity index (χ2v) is 7.25. The standard InChI is InChI=1S/C20H22N2O3/c23-19(21-14-9-7-13(8-10-14)20(24)25)16-11-18(12-5-6-12)22-17-4-2-1-3-15(16)17/h1-4,11-14H,5-10H2,(H,21,23)(H,24,25). The Hall–Kier alpha value is -2.43. The average Bonchev–Trinajstić information content (AvgIpc) is 3.46. The highest BCUT2D eigenvalue weighted by Crippen LogP contribution is 2.40. The first-order valence-electron chi connectivity index (χ1n) is 9.05. The number of fused-ring (bicyclic) bond motifs is 1. The van der Waals surface area contributed by atoms with E-state index in [4.69, 9.17) is 10.1 Å². The number of carbonyl (C=O) groups excluding carboxylic acids is 1. The van der Waals surface area contributed by atoms with E-state index in [1.807, 2.05) is 30.3 Å². The lowest BCUT2D eigenvalue weighted by Gasteiger charge is -2.27. The topological polar surface area (TPSA) is 79.3 Å². The van der Waals surface area contributed by atoms with Crippen LogP contribution in [-0.2, 0) is 4.79 Å². The molecule has 0 saturated heterocycles. The van der Waals surface area contributed by atoms with Gasteiger partial charge in [-0.25, -0.2) is 0 Å². The van der Waals surface area contributed by atoms with Gasteiger partial charge in [-0.1, -0.05) is 18.2 Å². The summed E-state index contributed by atoms with van der Waals surface area (Å²) in [5.74, 6) is -0.572. The third-order valence-electron chi connectivity index (χ3n) is 5.39. The molecule has 5 nitrogen and oxygen atoms in total. The molecule has 2 saturated carbocycles. The molecule has 2 N–H and O–H groups in total. The summed E-state index contributed by atoms with van der Waals surface area (Å²) in [6, 6.07) is 9.76. The SMILES string of the molecule is O=C(NC1CCC(C(=O)O)CC1)c1cc(C2CC2)nc2ccccc12. The predicted octanol–water partition coefficient (Wildman–Crippen LogP) is 3.49. The van der Waals surface area contributed by atoms with Crippen molar-refractivity contribution in [3.05, 3.63) is 41.6 Å². The summed E-state index contributed by atoms with van der Waals surface area (Å²) in [7, 11) is 0.